The molecule has 0 aromatic heterocycles. The van der Waals surface area contributed by atoms with Gasteiger partial charge in [0.25, 0.3) is 0 Å². The maximum atomic E-state index is 8.40. The Kier molecular flexibility index (Phi) is 6.43. The van der Waals surface area contributed by atoms with Crippen molar-refractivity contribution in [2.24, 2.45) is 4.99 Å². The highest BCUT2D eigenvalue weighted by Gasteiger charge is 1.82. The lowest BCUT2D eigenvalue weighted by molar-refractivity contribution is 0.286. The van der Waals surface area contributed by atoms with Crippen molar-refractivity contribution >= 4 is 5.71 Å². The molecule has 0 aliphatic carbocycles. The lowest BCUT2D eigenvalue weighted by atomic mass is 10.4. The molecule has 0 rings (SSSR count). The van der Waals surface area contributed by atoms with Crippen molar-refractivity contribution in [1.29, 1.82) is 0 Å². The lowest BCUT2D eigenvalue weighted by Crippen LogP contribution is -2.16. The van der Waals surface area contributed by atoms with Crippen LogP contribution < -0.4 is 5.32 Å². The van der Waals surface area contributed by atoms with Crippen molar-refractivity contribution in [3.63, 3.8) is 0 Å². The van der Waals surface area contributed by atoms with Crippen LogP contribution in [-0.4, -0.2) is 30.6 Å². The molecular weight excluding hydrogens is 128 g/mol. The van der Waals surface area contributed by atoms with E-state index in [1.165, 1.54) is 0 Å². The fraction of sp³-hybridized carbons (Fsp3) is 0.857. The van der Waals surface area contributed by atoms with Gasteiger partial charge >= 0.3 is 0 Å². The number of rotatable bonds is 5. The third kappa shape index (κ3) is 7.59. The summed E-state index contributed by atoms with van der Waals surface area (Å²) in [5.74, 6) is 0. The van der Waals surface area contributed by atoms with Crippen molar-refractivity contribution < 1.29 is 5.11 Å². The molecule has 0 fully saturated rings. The predicted octanol–water partition coefficient (Wildman–Crippen LogP) is 0.397. The second-order valence-electron chi connectivity index (χ2n) is 2.34. The van der Waals surface area contributed by atoms with Gasteiger partial charge in [-0.1, -0.05) is 0 Å². The molecule has 0 atom stereocenters. The van der Waals surface area contributed by atoms with Gasteiger partial charge in [-0.05, 0) is 26.8 Å². The van der Waals surface area contributed by atoms with Gasteiger partial charge in [0.2, 0.25) is 0 Å². The minimum absolute atomic E-state index is 0.252. The molecule has 0 aromatic rings. The standard InChI is InChI=1S/C7H16N2O/c1-7(2)9-6-8-4-3-5-10/h8,10H,3-6H2,1-2H3. The molecule has 0 aliphatic rings. The Morgan fingerprint density at radius 1 is 1.50 bits per heavy atom. The van der Waals surface area contributed by atoms with Gasteiger partial charge in [-0.15, -0.1) is 0 Å². The van der Waals surface area contributed by atoms with E-state index in [0.717, 1.165) is 18.7 Å². The summed E-state index contributed by atoms with van der Waals surface area (Å²) in [6.07, 6.45) is 0.804. The van der Waals surface area contributed by atoms with Gasteiger partial charge < -0.3 is 5.11 Å². The molecule has 2 N–H and O–H groups in total. The minimum Gasteiger partial charge on any atom is -0.396 e. The third-order valence-electron chi connectivity index (χ3n) is 1.02. The number of hydrogen-bond donors (Lipinski definition) is 2. The van der Waals surface area contributed by atoms with Crippen molar-refractivity contribution in [2.45, 2.75) is 20.3 Å². The highest BCUT2D eigenvalue weighted by atomic mass is 16.3. The van der Waals surface area contributed by atoms with Crippen molar-refractivity contribution in [1.82, 2.24) is 5.32 Å². The largest absolute Gasteiger partial charge is 0.396 e. The van der Waals surface area contributed by atoms with E-state index >= 15 is 0 Å². The molecule has 0 amide bonds. The van der Waals surface area contributed by atoms with Crippen molar-refractivity contribution in [3.8, 4) is 0 Å². The summed E-state index contributed by atoms with van der Waals surface area (Å²) < 4.78 is 0. The maximum Gasteiger partial charge on any atom is 0.0883 e. The molecule has 0 aromatic carbocycles. The molecular formula is C7H16N2O. The first kappa shape index (κ1) is 9.59. The quantitative estimate of drug-likeness (QED) is 0.433. The zero-order valence-electron chi connectivity index (χ0n) is 6.72. The van der Waals surface area contributed by atoms with Crippen LogP contribution in [-0.2, 0) is 0 Å². The van der Waals surface area contributed by atoms with Crippen LogP contribution in [0.15, 0.2) is 4.99 Å². The molecule has 0 aliphatic heterocycles. The van der Waals surface area contributed by atoms with E-state index < -0.39 is 0 Å². The molecule has 0 saturated heterocycles. The summed E-state index contributed by atoms with van der Waals surface area (Å²) in [7, 11) is 0. The maximum absolute atomic E-state index is 8.40. The van der Waals surface area contributed by atoms with Crippen LogP contribution in [0.3, 0.4) is 0 Å². The van der Waals surface area contributed by atoms with Crippen LogP contribution in [0.2, 0.25) is 0 Å². The van der Waals surface area contributed by atoms with Gasteiger partial charge in [-0.25, -0.2) is 0 Å². The summed E-state index contributed by atoms with van der Waals surface area (Å²) in [6.45, 7) is 5.69. The van der Waals surface area contributed by atoms with Crippen LogP contribution in [0.25, 0.3) is 0 Å². The van der Waals surface area contributed by atoms with Crippen molar-refractivity contribution in [3.05, 3.63) is 0 Å². The molecule has 3 heteroatoms. The number of aliphatic hydroxyl groups is 1. The number of nitrogens with one attached hydrogen (secondary N) is 1. The smallest absolute Gasteiger partial charge is 0.0883 e. The Bertz CT molecular complexity index is 97.8. The van der Waals surface area contributed by atoms with E-state index in [1.54, 1.807) is 0 Å². The zero-order chi connectivity index (χ0) is 7.82. The van der Waals surface area contributed by atoms with Crippen LogP contribution >= 0.6 is 0 Å². The SMILES string of the molecule is CC(C)=NCNCCCO. The van der Waals surface area contributed by atoms with E-state index in [0.29, 0.717) is 6.67 Å². The summed E-state index contributed by atoms with van der Waals surface area (Å²) in [6, 6.07) is 0. The second-order valence-corrected chi connectivity index (χ2v) is 2.34. The first-order chi connectivity index (χ1) is 4.77. The van der Waals surface area contributed by atoms with E-state index in [1.807, 2.05) is 13.8 Å². The highest BCUT2D eigenvalue weighted by molar-refractivity contribution is 5.78. The fourth-order valence-electron chi connectivity index (χ4n) is 0.497. The van der Waals surface area contributed by atoms with Crippen LogP contribution in [0.1, 0.15) is 20.3 Å². The third-order valence-corrected chi connectivity index (χ3v) is 1.02. The Hall–Kier alpha value is -0.410. The van der Waals surface area contributed by atoms with Gasteiger partial charge in [0.15, 0.2) is 0 Å². The van der Waals surface area contributed by atoms with Crippen LogP contribution in [0.5, 0.6) is 0 Å². The van der Waals surface area contributed by atoms with Gasteiger partial charge in [-0.2, -0.15) is 0 Å². The highest BCUT2D eigenvalue weighted by Crippen LogP contribution is 1.74. The normalized spacial score (nSPS) is 9.50. The Balaban J connectivity index is 2.98. The second kappa shape index (κ2) is 6.71. The van der Waals surface area contributed by atoms with Crippen LogP contribution in [0.4, 0.5) is 0 Å². The monoisotopic (exact) mass is 144 g/mol. The molecule has 60 valence electrons. The number of hydrogen-bond acceptors (Lipinski definition) is 3. The van der Waals surface area contributed by atoms with Gasteiger partial charge in [0, 0.05) is 12.3 Å². The lowest BCUT2D eigenvalue weighted by Gasteiger charge is -1.98. The average Bonchev–Trinajstić information content (AvgIpc) is 1.87. The summed E-state index contributed by atoms with van der Waals surface area (Å²) in [4.78, 5) is 4.12. The first-order valence-electron chi connectivity index (χ1n) is 3.56. The van der Waals surface area contributed by atoms with E-state index in [2.05, 4.69) is 10.3 Å². The fourth-order valence-corrected chi connectivity index (χ4v) is 0.497. The minimum atomic E-state index is 0.252. The Labute approximate surface area is 62.2 Å². The number of aliphatic hydroxyl groups excluding tert-OH is 1. The summed E-state index contributed by atoms with van der Waals surface area (Å²) in [5.41, 5.74) is 1.08. The van der Waals surface area contributed by atoms with E-state index in [-0.39, 0.29) is 6.61 Å². The molecule has 0 bridgehead atoms. The van der Waals surface area contributed by atoms with Gasteiger partial charge in [-0.3, -0.25) is 10.3 Å². The number of nitrogens with zero attached hydrogens (tertiary/aromatic N) is 1. The molecule has 0 radical (unpaired) electrons. The average molecular weight is 144 g/mol. The predicted molar refractivity (Wildman–Crippen MR) is 43.4 cm³/mol. The molecule has 0 saturated carbocycles. The van der Waals surface area contributed by atoms with Crippen LogP contribution in [0, 0.1) is 0 Å². The molecule has 3 nitrogen and oxygen atoms in total. The first-order valence-corrected chi connectivity index (χ1v) is 3.56. The van der Waals surface area contributed by atoms with E-state index in [9.17, 15) is 0 Å². The van der Waals surface area contributed by atoms with E-state index in [4.69, 9.17) is 5.11 Å². The summed E-state index contributed by atoms with van der Waals surface area (Å²) >= 11 is 0. The number of aliphatic imine (C=N–C) groups is 1. The molecule has 0 heterocycles. The topological polar surface area (TPSA) is 44.6 Å². The van der Waals surface area contributed by atoms with Gasteiger partial charge in [0.05, 0.1) is 6.67 Å². The molecule has 0 spiro atoms. The Morgan fingerprint density at radius 2 is 2.20 bits per heavy atom. The summed E-state index contributed by atoms with van der Waals surface area (Å²) in [5, 5.41) is 11.5. The van der Waals surface area contributed by atoms with Gasteiger partial charge in [0.1, 0.15) is 0 Å². The molecule has 10 heavy (non-hydrogen) atoms. The van der Waals surface area contributed by atoms with Crippen molar-refractivity contribution in [2.75, 3.05) is 19.8 Å². The molecule has 0 unspecified atom stereocenters. The Morgan fingerprint density at radius 3 is 2.70 bits per heavy atom. The zero-order valence-corrected chi connectivity index (χ0v) is 6.72.